The molecule has 0 heterocycles. The van der Waals surface area contributed by atoms with Crippen molar-refractivity contribution in [2.75, 3.05) is 16.2 Å². The standard InChI is InChI=1S/C27H19Cl3N2O4S/c28-19-11-13-24(22(15-19)27(34)18-7-3-1-4-8-18)31-26(33)17-32(25-14-12-20(29)16-23(25)30)37(35,36)21-9-5-2-6-10-21/h1-16H,17H2,(H,31,33). The zero-order valence-electron chi connectivity index (χ0n) is 19.1. The first-order chi connectivity index (χ1) is 17.7. The number of nitrogens with one attached hydrogen (secondary N) is 1. The van der Waals surface area contributed by atoms with Crippen LogP contribution in [0, 0.1) is 0 Å². The number of nitrogens with zero attached hydrogens (tertiary/aromatic N) is 1. The molecule has 0 radical (unpaired) electrons. The number of halogens is 3. The maximum atomic E-state index is 13.5. The van der Waals surface area contributed by atoms with Gasteiger partial charge in [-0.2, -0.15) is 0 Å². The fourth-order valence-corrected chi connectivity index (χ4v) is 5.78. The lowest BCUT2D eigenvalue weighted by molar-refractivity contribution is -0.114. The summed E-state index contributed by atoms with van der Waals surface area (Å²) in [6.07, 6.45) is 0. The lowest BCUT2D eigenvalue weighted by Crippen LogP contribution is -2.38. The first-order valence-corrected chi connectivity index (χ1v) is 13.5. The second-order valence-corrected chi connectivity index (χ2v) is 11.0. The Balaban J connectivity index is 1.69. The predicted molar refractivity (Wildman–Crippen MR) is 147 cm³/mol. The first-order valence-electron chi connectivity index (χ1n) is 10.9. The van der Waals surface area contributed by atoms with Gasteiger partial charge >= 0.3 is 0 Å². The summed E-state index contributed by atoms with van der Waals surface area (Å²) in [5, 5.41) is 3.31. The van der Waals surface area contributed by atoms with E-state index in [2.05, 4.69) is 5.32 Å². The van der Waals surface area contributed by atoms with Gasteiger partial charge in [0.05, 0.1) is 21.3 Å². The van der Waals surface area contributed by atoms with E-state index in [1.54, 1.807) is 48.5 Å². The second kappa shape index (κ2) is 11.4. The van der Waals surface area contributed by atoms with Crippen LogP contribution in [0.1, 0.15) is 15.9 Å². The van der Waals surface area contributed by atoms with E-state index in [0.717, 1.165) is 4.31 Å². The number of sulfonamides is 1. The van der Waals surface area contributed by atoms with Crippen LogP contribution in [0.2, 0.25) is 15.1 Å². The molecule has 0 spiro atoms. The van der Waals surface area contributed by atoms with Crippen LogP contribution in [0.4, 0.5) is 11.4 Å². The largest absolute Gasteiger partial charge is 0.324 e. The van der Waals surface area contributed by atoms with Crippen LogP contribution in [0.15, 0.2) is 102 Å². The Morgan fingerprint density at radius 3 is 2.00 bits per heavy atom. The molecule has 4 rings (SSSR count). The number of amides is 1. The van der Waals surface area contributed by atoms with Crippen molar-refractivity contribution in [3.8, 4) is 0 Å². The zero-order chi connectivity index (χ0) is 26.6. The van der Waals surface area contributed by atoms with Gasteiger partial charge in [-0.05, 0) is 48.5 Å². The number of anilines is 2. The van der Waals surface area contributed by atoms with E-state index in [-0.39, 0.29) is 32.6 Å². The normalized spacial score (nSPS) is 11.1. The molecular formula is C27H19Cl3N2O4S. The highest BCUT2D eigenvalue weighted by Gasteiger charge is 2.29. The SMILES string of the molecule is O=C(CN(c1ccc(Cl)cc1Cl)S(=O)(=O)c1ccccc1)Nc1ccc(Cl)cc1C(=O)c1ccccc1. The maximum Gasteiger partial charge on any atom is 0.264 e. The third-order valence-corrected chi connectivity index (χ3v) is 7.88. The Hall–Kier alpha value is -3.36. The molecule has 6 nitrogen and oxygen atoms in total. The summed E-state index contributed by atoms with van der Waals surface area (Å²) >= 11 is 18.5. The van der Waals surface area contributed by atoms with Crippen LogP contribution in [-0.2, 0) is 14.8 Å². The van der Waals surface area contributed by atoms with E-state index in [4.69, 9.17) is 34.8 Å². The number of benzene rings is 4. The first kappa shape index (κ1) is 26.7. The molecular weight excluding hydrogens is 555 g/mol. The van der Waals surface area contributed by atoms with E-state index in [1.807, 2.05) is 0 Å². The van der Waals surface area contributed by atoms with Gasteiger partial charge in [-0.1, -0.05) is 83.3 Å². The lowest BCUT2D eigenvalue weighted by Gasteiger charge is -2.25. The Kier molecular flexibility index (Phi) is 8.19. The third kappa shape index (κ3) is 6.14. The molecule has 37 heavy (non-hydrogen) atoms. The van der Waals surface area contributed by atoms with Crippen LogP contribution < -0.4 is 9.62 Å². The van der Waals surface area contributed by atoms with Gasteiger partial charge < -0.3 is 5.32 Å². The Bertz CT molecular complexity index is 1560. The van der Waals surface area contributed by atoms with Crippen LogP contribution in [0.3, 0.4) is 0 Å². The van der Waals surface area contributed by atoms with Gasteiger partial charge in [-0.3, -0.25) is 13.9 Å². The van der Waals surface area contributed by atoms with E-state index in [0.29, 0.717) is 15.6 Å². The number of ketones is 1. The summed E-state index contributed by atoms with van der Waals surface area (Å²) in [6, 6.07) is 24.9. The molecule has 0 aliphatic rings. The Morgan fingerprint density at radius 1 is 0.757 bits per heavy atom. The van der Waals surface area contributed by atoms with Gasteiger partial charge in [0.25, 0.3) is 10.0 Å². The summed E-state index contributed by atoms with van der Waals surface area (Å²) in [5.74, 6) is -1.05. The van der Waals surface area contributed by atoms with Crippen molar-refractivity contribution in [3.05, 3.63) is 123 Å². The summed E-state index contributed by atoms with van der Waals surface area (Å²) in [4.78, 5) is 26.3. The smallest absolute Gasteiger partial charge is 0.264 e. The summed E-state index contributed by atoms with van der Waals surface area (Å²) < 4.78 is 28.0. The molecule has 0 unspecified atom stereocenters. The van der Waals surface area contributed by atoms with E-state index in [9.17, 15) is 18.0 Å². The van der Waals surface area contributed by atoms with E-state index >= 15 is 0 Å². The molecule has 0 bridgehead atoms. The molecule has 1 amide bonds. The molecule has 0 aliphatic carbocycles. The second-order valence-electron chi connectivity index (χ2n) is 7.85. The average molecular weight is 574 g/mol. The number of hydrogen-bond donors (Lipinski definition) is 1. The van der Waals surface area contributed by atoms with Gasteiger partial charge in [-0.25, -0.2) is 8.42 Å². The minimum absolute atomic E-state index is 0.0275. The van der Waals surface area contributed by atoms with Crippen molar-refractivity contribution in [3.63, 3.8) is 0 Å². The molecule has 0 saturated carbocycles. The fourth-order valence-electron chi connectivity index (χ4n) is 3.58. The van der Waals surface area contributed by atoms with Crippen molar-refractivity contribution in [2.24, 2.45) is 0 Å². The van der Waals surface area contributed by atoms with Gasteiger partial charge in [0.15, 0.2) is 5.78 Å². The molecule has 0 atom stereocenters. The van der Waals surface area contributed by atoms with Crippen molar-refractivity contribution in [2.45, 2.75) is 4.90 Å². The number of rotatable bonds is 8. The highest BCUT2D eigenvalue weighted by atomic mass is 35.5. The number of hydrogen-bond acceptors (Lipinski definition) is 4. The van der Waals surface area contributed by atoms with E-state index in [1.165, 1.54) is 48.5 Å². The highest BCUT2D eigenvalue weighted by molar-refractivity contribution is 7.92. The van der Waals surface area contributed by atoms with Gasteiger partial charge in [0.2, 0.25) is 5.91 Å². The summed E-state index contributed by atoms with van der Waals surface area (Å²) in [5.41, 5.74) is 0.819. The quantitative estimate of drug-likeness (QED) is 0.237. The molecule has 188 valence electrons. The van der Waals surface area contributed by atoms with E-state index < -0.39 is 22.5 Å². The molecule has 0 saturated heterocycles. The van der Waals surface area contributed by atoms with Crippen molar-refractivity contribution in [1.82, 2.24) is 0 Å². The van der Waals surface area contributed by atoms with Crippen LogP contribution in [0.5, 0.6) is 0 Å². The minimum atomic E-state index is -4.20. The van der Waals surface area contributed by atoms with Crippen molar-refractivity contribution >= 4 is 67.9 Å². The number of carbonyl (C=O) groups excluding carboxylic acids is 2. The van der Waals surface area contributed by atoms with Crippen LogP contribution in [0.25, 0.3) is 0 Å². The molecule has 1 N–H and O–H groups in total. The third-order valence-electron chi connectivity index (χ3n) is 5.33. The van der Waals surface area contributed by atoms with Gasteiger partial charge in [-0.15, -0.1) is 0 Å². The molecule has 0 aromatic heterocycles. The van der Waals surface area contributed by atoms with Crippen molar-refractivity contribution in [1.29, 1.82) is 0 Å². The van der Waals surface area contributed by atoms with Gasteiger partial charge in [0.1, 0.15) is 6.54 Å². The van der Waals surface area contributed by atoms with Crippen LogP contribution in [-0.4, -0.2) is 26.7 Å². The van der Waals surface area contributed by atoms with Crippen molar-refractivity contribution < 1.29 is 18.0 Å². The topological polar surface area (TPSA) is 83.6 Å². The predicted octanol–water partition coefficient (Wildman–Crippen LogP) is 6.71. The molecule has 4 aromatic carbocycles. The Labute approximate surface area is 229 Å². The maximum absolute atomic E-state index is 13.5. The summed E-state index contributed by atoms with van der Waals surface area (Å²) in [7, 11) is -4.20. The van der Waals surface area contributed by atoms with Crippen LogP contribution >= 0.6 is 34.8 Å². The zero-order valence-corrected chi connectivity index (χ0v) is 22.2. The molecule has 4 aromatic rings. The Morgan fingerprint density at radius 2 is 1.35 bits per heavy atom. The highest BCUT2D eigenvalue weighted by Crippen LogP contribution is 2.33. The molecule has 10 heteroatoms. The monoisotopic (exact) mass is 572 g/mol. The van der Waals surface area contributed by atoms with Gasteiger partial charge in [0, 0.05) is 21.2 Å². The minimum Gasteiger partial charge on any atom is -0.324 e. The number of carbonyl (C=O) groups is 2. The molecule has 0 fully saturated rings. The average Bonchev–Trinajstić information content (AvgIpc) is 2.89. The molecule has 0 aliphatic heterocycles. The lowest BCUT2D eigenvalue weighted by atomic mass is 10.0. The fraction of sp³-hybridized carbons (Fsp3) is 0.0370. The summed E-state index contributed by atoms with van der Waals surface area (Å²) in [6.45, 7) is -0.625.